The molecule has 16 heavy (non-hydrogen) atoms. The van der Waals surface area contributed by atoms with Gasteiger partial charge >= 0.3 is 0 Å². The summed E-state index contributed by atoms with van der Waals surface area (Å²) in [4.78, 5) is 6.75. The molecule has 0 aliphatic rings. The number of hydrogen-bond donors (Lipinski definition) is 1. The molecule has 2 rings (SSSR count). The van der Waals surface area contributed by atoms with Gasteiger partial charge < -0.3 is 10.2 Å². The Morgan fingerprint density at radius 1 is 1.25 bits per heavy atom. The van der Waals surface area contributed by atoms with E-state index >= 15 is 0 Å². The van der Waals surface area contributed by atoms with Crippen molar-refractivity contribution in [2.24, 2.45) is 0 Å². The lowest BCUT2D eigenvalue weighted by molar-refractivity contribution is 0.795. The maximum atomic E-state index is 4.62. The second-order valence-electron chi connectivity index (χ2n) is 4.07. The van der Waals surface area contributed by atoms with E-state index in [1.807, 2.05) is 13.1 Å². The summed E-state index contributed by atoms with van der Waals surface area (Å²) in [5.41, 5.74) is 3.35. The summed E-state index contributed by atoms with van der Waals surface area (Å²) in [5, 5.41) is 4.34. The number of nitrogens with one attached hydrogen (secondary N) is 1. The molecule has 1 aromatic carbocycles. The van der Waals surface area contributed by atoms with Crippen molar-refractivity contribution in [2.75, 3.05) is 26.0 Å². The van der Waals surface area contributed by atoms with Crippen molar-refractivity contribution in [1.82, 2.24) is 10.3 Å². The molecule has 1 heterocycles. The van der Waals surface area contributed by atoms with E-state index in [0.717, 1.165) is 17.8 Å². The van der Waals surface area contributed by atoms with E-state index in [0.29, 0.717) is 0 Å². The molecule has 0 spiro atoms. The predicted octanol–water partition coefficient (Wildman–Crippen LogP) is 2.02. The average Bonchev–Trinajstić information content (AvgIpc) is 2.28. The Balaban J connectivity index is 2.64. The maximum absolute atomic E-state index is 4.62. The van der Waals surface area contributed by atoms with Gasteiger partial charge in [0.2, 0.25) is 0 Å². The van der Waals surface area contributed by atoms with Crippen molar-refractivity contribution in [1.29, 1.82) is 0 Å². The van der Waals surface area contributed by atoms with Crippen LogP contribution >= 0.6 is 0 Å². The van der Waals surface area contributed by atoms with Crippen LogP contribution in [0.4, 0.5) is 5.69 Å². The minimum atomic E-state index is 0.797. The van der Waals surface area contributed by atoms with Gasteiger partial charge in [0.15, 0.2) is 0 Å². The Hall–Kier alpha value is -1.61. The van der Waals surface area contributed by atoms with E-state index in [4.69, 9.17) is 0 Å². The SMILES string of the molecule is CNCc1cc(N(C)C)c2ccccc2n1. The highest BCUT2D eigenvalue weighted by atomic mass is 15.1. The Kier molecular flexibility index (Phi) is 3.06. The van der Waals surface area contributed by atoms with Gasteiger partial charge in [0.05, 0.1) is 11.2 Å². The van der Waals surface area contributed by atoms with Gasteiger partial charge in [-0.3, -0.25) is 4.98 Å². The first kappa shape index (κ1) is 10.9. The van der Waals surface area contributed by atoms with Crippen LogP contribution in [0.2, 0.25) is 0 Å². The molecule has 84 valence electrons. The third kappa shape index (κ3) is 1.99. The van der Waals surface area contributed by atoms with Crippen LogP contribution in [-0.4, -0.2) is 26.1 Å². The highest BCUT2D eigenvalue weighted by molar-refractivity contribution is 5.91. The van der Waals surface area contributed by atoms with Gasteiger partial charge in [0.1, 0.15) is 0 Å². The normalized spacial score (nSPS) is 10.7. The van der Waals surface area contributed by atoms with Gasteiger partial charge in [-0.15, -0.1) is 0 Å². The summed E-state index contributed by atoms with van der Waals surface area (Å²) in [6, 6.07) is 10.4. The maximum Gasteiger partial charge on any atom is 0.0726 e. The summed E-state index contributed by atoms with van der Waals surface area (Å²) in [5.74, 6) is 0. The summed E-state index contributed by atoms with van der Waals surface area (Å²) in [7, 11) is 6.06. The lowest BCUT2D eigenvalue weighted by Gasteiger charge is -2.16. The first-order valence-corrected chi connectivity index (χ1v) is 5.43. The van der Waals surface area contributed by atoms with Crippen LogP contribution in [0, 0.1) is 0 Å². The Labute approximate surface area is 96.1 Å². The molecule has 0 aliphatic carbocycles. The second kappa shape index (κ2) is 4.49. The van der Waals surface area contributed by atoms with Crippen LogP contribution < -0.4 is 10.2 Å². The molecule has 0 saturated heterocycles. The van der Waals surface area contributed by atoms with E-state index in [9.17, 15) is 0 Å². The molecule has 2 aromatic rings. The van der Waals surface area contributed by atoms with Crippen molar-refractivity contribution in [3.63, 3.8) is 0 Å². The number of hydrogen-bond acceptors (Lipinski definition) is 3. The molecule has 3 heteroatoms. The van der Waals surface area contributed by atoms with Crippen LogP contribution in [0.25, 0.3) is 10.9 Å². The molecule has 0 aliphatic heterocycles. The molecule has 0 bridgehead atoms. The molecule has 0 radical (unpaired) electrons. The first-order chi connectivity index (χ1) is 7.72. The fraction of sp³-hybridized carbons (Fsp3) is 0.308. The number of nitrogens with zero attached hydrogens (tertiary/aromatic N) is 2. The van der Waals surface area contributed by atoms with Crippen molar-refractivity contribution < 1.29 is 0 Å². The molecule has 0 atom stereocenters. The zero-order chi connectivity index (χ0) is 11.5. The molecular formula is C13H17N3. The van der Waals surface area contributed by atoms with Crippen LogP contribution in [0.5, 0.6) is 0 Å². The molecular weight excluding hydrogens is 198 g/mol. The van der Waals surface area contributed by atoms with E-state index in [2.05, 4.69) is 53.6 Å². The summed E-state index contributed by atoms with van der Waals surface area (Å²) in [6.07, 6.45) is 0. The second-order valence-corrected chi connectivity index (χ2v) is 4.07. The molecule has 3 nitrogen and oxygen atoms in total. The number of pyridine rings is 1. The van der Waals surface area contributed by atoms with Crippen molar-refractivity contribution >= 4 is 16.6 Å². The van der Waals surface area contributed by atoms with Crippen LogP contribution in [-0.2, 0) is 6.54 Å². The first-order valence-electron chi connectivity index (χ1n) is 5.43. The van der Waals surface area contributed by atoms with Gasteiger partial charge in [-0.25, -0.2) is 0 Å². The van der Waals surface area contributed by atoms with Gasteiger partial charge in [-0.1, -0.05) is 18.2 Å². The Bertz CT molecular complexity index is 492. The van der Waals surface area contributed by atoms with Gasteiger partial charge in [-0.05, 0) is 19.2 Å². The van der Waals surface area contributed by atoms with Crippen LogP contribution in [0.15, 0.2) is 30.3 Å². The topological polar surface area (TPSA) is 28.2 Å². The van der Waals surface area contributed by atoms with Crippen LogP contribution in [0.3, 0.4) is 0 Å². The van der Waals surface area contributed by atoms with Gasteiger partial charge in [0, 0.05) is 31.7 Å². The van der Waals surface area contributed by atoms with E-state index in [-0.39, 0.29) is 0 Å². The fourth-order valence-electron chi connectivity index (χ4n) is 1.85. The summed E-state index contributed by atoms with van der Waals surface area (Å²) >= 11 is 0. The number of rotatable bonds is 3. The lowest BCUT2D eigenvalue weighted by atomic mass is 10.1. The molecule has 0 saturated carbocycles. The van der Waals surface area contributed by atoms with E-state index in [1.54, 1.807) is 0 Å². The third-order valence-corrected chi connectivity index (χ3v) is 2.59. The minimum absolute atomic E-state index is 0.797. The number of benzene rings is 1. The van der Waals surface area contributed by atoms with Crippen molar-refractivity contribution in [3.8, 4) is 0 Å². The Morgan fingerprint density at radius 3 is 2.69 bits per heavy atom. The molecule has 0 unspecified atom stereocenters. The van der Waals surface area contributed by atoms with Gasteiger partial charge in [-0.2, -0.15) is 0 Å². The predicted molar refractivity (Wildman–Crippen MR) is 68.8 cm³/mol. The smallest absolute Gasteiger partial charge is 0.0726 e. The monoisotopic (exact) mass is 215 g/mol. The molecule has 1 N–H and O–H groups in total. The Morgan fingerprint density at radius 2 is 2.00 bits per heavy atom. The molecule has 1 aromatic heterocycles. The zero-order valence-corrected chi connectivity index (χ0v) is 9.99. The average molecular weight is 215 g/mol. The van der Waals surface area contributed by atoms with Gasteiger partial charge in [0.25, 0.3) is 0 Å². The third-order valence-electron chi connectivity index (χ3n) is 2.59. The molecule has 0 fully saturated rings. The summed E-state index contributed by atoms with van der Waals surface area (Å²) in [6.45, 7) is 0.797. The number of aromatic nitrogens is 1. The highest BCUT2D eigenvalue weighted by Crippen LogP contribution is 2.24. The fourth-order valence-corrected chi connectivity index (χ4v) is 1.85. The largest absolute Gasteiger partial charge is 0.377 e. The number of para-hydroxylation sites is 1. The van der Waals surface area contributed by atoms with Crippen molar-refractivity contribution in [2.45, 2.75) is 6.54 Å². The highest BCUT2D eigenvalue weighted by Gasteiger charge is 2.06. The van der Waals surface area contributed by atoms with Crippen LogP contribution in [0.1, 0.15) is 5.69 Å². The number of fused-ring (bicyclic) bond motifs is 1. The molecule has 0 amide bonds. The quantitative estimate of drug-likeness (QED) is 0.849. The summed E-state index contributed by atoms with van der Waals surface area (Å²) < 4.78 is 0. The zero-order valence-electron chi connectivity index (χ0n) is 9.99. The standard InChI is InChI=1S/C13H17N3/c1-14-9-10-8-13(16(2)3)11-6-4-5-7-12(11)15-10/h4-8,14H,9H2,1-3H3. The van der Waals surface area contributed by atoms with Crippen molar-refractivity contribution in [3.05, 3.63) is 36.0 Å². The van der Waals surface area contributed by atoms with E-state index < -0.39 is 0 Å². The lowest BCUT2D eigenvalue weighted by Crippen LogP contribution is -2.12. The number of anilines is 1. The minimum Gasteiger partial charge on any atom is -0.377 e. The van der Waals surface area contributed by atoms with E-state index in [1.165, 1.54) is 11.1 Å².